The predicted molar refractivity (Wildman–Crippen MR) is 88.4 cm³/mol. The average molecular weight is 357 g/mol. The van der Waals surface area contributed by atoms with Crippen LogP contribution >= 0.6 is 34.0 Å². The number of anilines is 2. The zero-order valence-electron chi connectivity index (χ0n) is 11.2. The van der Waals surface area contributed by atoms with Gasteiger partial charge in [-0.2, -0.15) is 0 Å². The Morgan fingerprint density at radius 3 is 2.55 bits per heavy atom. The molecule has 0 aliphatic carbocycles. The van der Waals surface area contributed by atoms with Crippen molar-refractivity contribution in [2.24, 2.45) is 0 Å². The Morgan fingerprint density at radius 2 is 1.64 bits per heavy atom. The monoisotopic (exact) mass is 357 g/mol. The zero-order chi connectivity index (χ0) is 14.5. The maximum absolute atomic E-state index is 6.00. The van der Waals surface area contributed by atoms with E-state index in [1.807, 2.05) is 0 Å². The topological polar surface area (TPSA) is 84.6 Å². The predicted octanol–water partition coefficient (Wildman–Crippen LogP) is 3.99. The van der Waals surface area contributed by atoms with Gasteiger partial charge in [-0.05, 0) is 11.3 Å². The maximum Gasteiger partial charge on any atom is 0.342 e. The molecule has 0 amide bonds. The molecule has 3 aromatic heterocycles. The third kappa shape index (κ3) is 1.98. The van der Waals surface area contributed by atoms with Crippen LogP contribution in [-0.2, 0) is 0 Å². The van der Waals surface area contributed by atoms with E-state index >= 15 is 0 Å². The first-order valence-electron chi connectivity index (χ1n) is 6.73. The Labute approximate surface area is 135 Å². The first-order valence-corrected chi connectivity index (χ1v) is 9.18. The van der Waals surface area contributed by atoms with Gasteiger partial charge in [0, 0.05) is 13.1 Å². The van der Waals surface area contributed by atoms with E-state index in [0.29, 0.717) is 34.8 Å². The summed E-state index contributed by atoms with van der Waals surface area (Å²) in [5.74, 6) is 0.404. The normalized spacial score (nSPS) is 16.0. The van der Waals surface area contributed by atoms with E-state index in [0.717, 1.165) is 32.8 Å². The molecular weight excluding hydrogens is 346 g/mol. The Kier molecular flexibility index (Phi) is 2.81. The molecule has 0 saturated heterocycles. The van der Waals surface area contributed by atoms with Crippen LogP contribution < -0.4 is 20.1 Å². The third-order valence-corrected chi connectivity index (χ3v) is 6.43. The summed E-state index contributed by atoms with van der Waals surface area (Å²) >= 11 is 4.55. The molecule has 2 aliphatic rings. The van der Waals surface area contributed by atoms with Crippen molar-refractivity contribution in [2.45, 2.75) is 0 Å². The van der Waals surface area contributed by atoms with Gasteiger partial charge < -0.3 is 33.9 Å². The molecule has 0 fully saturated rings. The van der Waals surface area contributed by atoms with Crippen molar-refractivity contribution in [3.05, 3.63) is 0 Å². The molecule has 5 rings (SSSR count). The van der Waals surface area contributed by atoms with Crippen LogP contribution in [-0.4, -0.2) is 31.3 Å². The van der Waals surface area contributed by atoms with Crippen LogP contribution in [0.4, 0.5) is 10.0 Å². The number of H-pyrrole nitrogens is 1. The van der Waals surface area contributed by atoms with Crippen molar-refractivity contribution in [3.63, 3.8) is 0 Å². The molecule has 0 aromatic carbocycles. The van der Waals surface area contributed by atoms with E-state index < -0.39 is 0 Å². The highest BCUT2D eigenvalue weighted by atomic mass is 32.1. The molecule has 0 atom stereocenters. The molecule has 2 aliphatic heterocycles. The SMILES string of the molecule is C1CNc2sc3oc4sc5c(oc4[nH]c3sc2N1)OCCO5. The molecule has 0 unspecified atom stereocenters. The van der Waals surface area contributed by atoms with Crippen molar-refractivity contribution in [3.8, 4) is 11.0 Å². The van der Waals surface area contributed by atoms with Crippen molar-refractivity contribution in [1.29, 1.82) is 0 Å². The summed E-state index contributed by atoms with van der Waals surface area (Å²) in [5, 5.41) is 9.58. The number of aromatic nitrogens is 1. The second-order valence-electron chi connectivity index (χ2n) is 4.65. The highest BCUT2D eigenvalue weighted by Gasteiger charge is 2.20. The van der Waals surface area contributed by atoms with Crippen molar-refractivity contribution in [2.75, 3.05) is 36.9 Å². The van der Waals surface area contributed by atoms with Gasteiger partial charge in [0.15, 0.2) is 4.83 Å². The minimum Gasteiger partial charge on any atom is -0.475 e. The minimum absolute atomic E-state index is 0.404. The first kappa shape index (κ1) is 12.7. The van der Waals surface area contributed by atoms with E-state index in [1.54, 1.807) is 22.7 Å². The second kappa shape index (κ2) is 4.86. The molecule has 22 heavy (non-hydrogen) atoms. The van der Waals surface area contributed by atoms with E-state index in [4.69, 9.17) is 18.3 Å². The van der Waals surface area contributed by atoms with Crippen LogP contribution in [0.15, 0.2) is 8.83 Å². The zero-order valence-corrected chi connectivity index (χ0v) is 13.6. The molecule has 5 heterocycles. The summed E-state index contributed by atoms with van der Waals surface area (Å²) in [6.45, 7) is 2.84. The standard InChI is InChI=1S/C12H11N3O4S3/c1-2-14-7-6(13-1)20-8-11(21-7)19-10-5(15-8)18-9-12(22-10)17-4-3-16-9/h13-15H,1-4H2. The molecule has 0 bridgehead atoms. The van der Waals surface area contributed by atoms with Gasteiger partial charge in [-0.15, -0.1) is 0 Å². The molecule has 0 saturated carbocycles. The van der Waals surface area contributed by atoms with Crippen molar-refractivity contribution < 1.29 is 18.3 Å². The second-order valence-corrected chi connectivity index (χ2v) is 7.60. The summed E-state index contributed by atoms with van der Waals surface area (Å²) < 4.78 is 22.7. The fraction of sp³-hybridized carbons (Fsp3) is 0.333. The lowest BCUT2D eigenvalue weighted by Crippen LogP contribution is -2.19. The molecule has 0 radical (unpaired) electrons. The van der Waals surface area contributed by atoms with Crippen LogP contribution in [0.1, 0.15) is 0 Å². The maximum atomic E-state index is 6.00. The summed E-state index contributed by atoms with van der Waals surface area (Å²) in [5.41, 5.74) is 0.550. The summed E-state index contributed by atoms with van der Waals surface area (Å²) in [7, 11) is 0. The van der Waals surface area contributed by atoms with Crippen LogP contribution in [0, 0.1) is 0 Å². The number of hydrogen-bond donors (Lipinski definition) is 3. The lowest BCUT2D eigenvalue weighted by molar-refractivity contribution is 0.138. The first-order chi connectivity index (χ1) is 10.9. The van der Waals surface area contributed by atoms with Crippen LogP contribution in [0.25, 0.3) is 20.3 Å². The van der Waals surface area contributed by atoms with Gasteiger partial charge in [-0.3, -0.25) is 0 Å². The third-order valence-electron chi connectivity index (χ3n) is 3.18. The number of hydrogen-bond acceptors (Lipinski definition) is 9. The van der Waals surface area contributed by atoms with E-state index in [9.17, 15) is 0 Å². The van der Waals surface area contributed by atoms with Gasteiger partial charge in [0.2, 0.25) is 9.79 Å². The quantitative estimate of drug-likeness (QED) is 0.528. The fourth-order valence-corrected chi connectivity index (χ4v) is 5.19. The van der Waals surface area contributed by atoms with Crippen LogP contribution in [0.5, 0.6) is 11.0 Å². The van der Waals surface area contributed by atoms with Gasteiger partial charge in [-0.1, -0.05) is 22.7 Å². The smallest absolute Gasteiger partial charge is 0.342 e. The van der Waals surface area contributed by atoms with E-state index in [1.165, 1.54) is 11.3 Å². The molecule has 116 valence electrons. The summed E-state index contributed by atoms with van der Waals surface area (Å²) in [6, 6.07) is 0. The number of aromatic amines is 1. The lowest BCUT2D eigenvalue weighted by atomic mass is 10.5. The number of rotatable bonds is 0. The van der Waals surface area contributed by atoms with Gasteiger partial charge in [-0.25, -0.2) is 0 Å². The molecule has 3 aromatic rings. The highest BCUT2D eigenvalue weighted by Crippen LogP contribution is 2.43. The van der Waals surface area contributed by atoms with Gasteiger partial charge >= 0.3 is 5.95 Å². The van der Waals surface area contributed by atoms with Crippen LogP contribution in [0.2, 0.25) is 0 Å². The van der Waals surface area contributed by atoms with Gasteiger partial charge in [0.1, 0.15) is 23.2 Å². The lowest BCUT2D eigenvalue weighted by Gasteiger charge is -2.18. The molecule has 7 nitrogen and oxygen atoms in total. The Hall–Kier alpha value is -1.78. The highest BCUT2D eigenvalue weighted by molar-refractivity contribution is 7.33. The number of fused-ring (bicyclic) bond motifs is 4. The number of ether oxygens (including phenoxy) is 2. The summed E-state index contributed by atoms with van der Waals surface area (Å²) in [4.78, 5) is 5.66. The van der Waals surface area contributed by atoms with E-state index in [-0.39, 0.29) is 0 Å². The fourth-order valence-electron chi connectivity index (χ4n) is 2.23. The average Bonchev–Trinajstić information content (AvgIpc) is 2.56. The van der Waals surface area contributed by atoms with Gasteiger partial charge in [0.05, 0.1) is 0 Å². The molecular formula is C12H11N3O4S3. The molecule has 10 heteroatoms. The van der Waals surface area contributed by atoms with Gasteiger partial charge in [0.25, 0.3) is 10.8 Å². The van der Waals surface area contributed by atoms with Crippen molar-refractivity contribution in [1.82, 2.24) is 4.98 Å². The number of nitrogens with one attached hydrogen (secondary N) is 3. The Bertz CT molecular complexity index is 778. The molecule has 3 N–H and O–H groups in total. The van der Waals surface area contributed by atoms with Crippen molar-refractivity contribution >= 4 is 64.3 Å². The Morgan fingerprint density at radius 1 is 0.818 bits per heavy atom. The Balaban J connectivity index is 1.76. The molecule has 0 spiro atoms. The minimum atomic E-state index is 0.404. The van der Waals surface area contributed by atoms with E-state index in [2.05, 4.69) is 15.6 Å². The largest absolute Gasteiger partial charge is 0.475 e. The summed E-state index contributed by atoms with van der Waals surface area (Å²) in [6.07, 6.45) is 0. The van der Waals surface area contributed by atoms with Crippen LogP contribution in [0.3, 0.4) is 0 Å².